The number of aromatic nitrogens is 1. The number of ether oxygens (including phenoxy) is 1. The summed E-state index contributed by atoms with van der Waals surface area (Å²) in [6, 6.07) is 6.41. The second-order valence-electron chi connectivity index (χ2n) is 7.52. The molecule has 1 aliphatic carbocycles. The van der Waals surface area contributed by atoms with Crippen molar-refractivity contribution in [1.29, 1.82) is 0 Å². The van der Waals surface area contributed by atoms with Gasteiger partial charge in [-0.3, -0.25) is 9.59 Å². The number of alkyl halides is 2. The largest absolute Gasteiger partial charge is 0.493 e. The molecule has 0 N–H and O–H groups in total. The average molecular weight is 373 g/mol. The fourth-order valence-corrected chi connectivity index (χ4v) is 3.57. The Balaban J connectivity index is 1.93. The third-order valence-electron chi connectivity index (χ3n) is 5.31. The van der Waals surface area contributed by atoms with Crippen molar-refractivity contribution in [1.82, 2.24) is 4.57 Å². The van der Waals surface area contributed by atoms with Gasteiger partial charge in [-0.2, -0.15) is 8.78 Å². The standard InChI is InChI=1S/C21H21F2NO3/c1-12-9-17(19-21(22,23)7-8-24(19)20(12)26)16-10-15(13(2)25)5-6-18(16)27-11-14-3-4-14/h5-6,9-10,14H,3-4,7-8,11H2,1-2H3. The van der Waals surface area contributed by atoms with Crippen LogP contribution < -0.4 is 10.3 Å². The fraction of sp³-hybridized carbons (Fsp3) is 0.429. The van der Waals surface area contributed by atoms with Crippen LogP contribution in [0.25, 0.3) is 11.1 Å². The van der Waals surface area contributed by atoms with E-state index in [1.165, 1.54) is 13.0 Å². The first kappa shape index (κ1) is 17.9. The highest BCUT2D eigenvalue weighted by molar-refractivity contribution is 5.96. The van der Waals surface area contributed by atoms with Crippen LogP contribution in [0.4, 0.5) is 8.78 Å². The summed E-state index contributed by atoms with van der Waals surface area (Å²) in [6.07, 6.45) is 1.81. The summed E-state index contributed by atoms with van der Waals surface area (Å²) >= 11 is 0. The minimum Gasteiger partial charge on any atom is -0.493 e. The van der Waals surface area contributed by atoms with E-state index in [4.69, 9.17) is 4.74 Å². The third kappa shape index (κ3) is 3.17. The van der Waals surface area contributed by atoms with E-state index < -0.39 is 17.9 Å². The number of Topliss-reactive ketones (excluding diaryl/α,β-unsaturated/α-hetero) is 1. The van der Waals surface area contributed by atoms with Gasteiger partial charge in [0.05, 0.1) is 12.3 Å². The lowest BCUT2D eigenvalue weighted by atomic mass is 9.96. The van der Waals surface area contributed by atoms with Crippen LogP contribution in [0.3, 0.4) is 0 Å². The van der Waals surface area contributed by atoms with E-state index in [2.05, 4.69) is 0 Å². The number of hydrogen-bond acceptors (Lipinski definition) is 3. The highest BCUT2D eigenvalue weighted by atomic mass is 19.3. The molecule has 27 heavy (non-hydrogen) atoms. The Hall–Kier alpha value is -2.50. The van der Waals surface area contributed by atoms with E-state index in [0.29, 0.717) is 35.0 Å². The van der Waals surface area contributed by atoms with Crippen LogP contribution >= 0.6 is 0 Å². The summed E-state index contributed by atoms with van der Waals surface area (Å²) in [5.74, 6) is -2.28. The van der Waals surface area contributed by atoms with Crippen LogP contribution in [0.5, 0.6) is 5.75 Å². The molecule has 1 fully saturated rings. The lowest BCUT2D eigenvalue weighted by molar-refractivity contribution is -0.00174. The van der Waals surface area contributed by atoms with Crippen molar-refractivity contribution in [2.75, 3.05) is 6.61 Å². The Morgan fingerprint density at radius 2 is 2.00 bits per heavy atom. The van der Waals surface area contributed by atoms with Gasteiger partial charge in [-0.05, 0) is 56.9 Å². The molecule has 0 spiro atoms. The van der Waals surface area contributed by atoms with Crippen LogP contribution in [-0.2, 0) is 12.5 Å². The monoisotopic (exact) mass is 373 g/mol. The average Bonchev–Trinajstić information content (AvgIpc) is 3.39. The molecule has 6 heteroatoms. The summed E-state index contributed by atoms with van der Waals surface area (Å²) in [4.78, 5) is 24.2. The number of nitrogens with zero attached hydrogens (tertiary/aromatic N) is 1. The second kappa shape index (κ2) is 6.29. The molecular weight excluding hydrogens is 352 g/mol. The van der Waals surface area contributed by atoms with E-state index >= 15 is 0 Å². The topological polar surface area (TPSA) is 48.3 Å². The molecule has 0 atom stereocenters. The van der Waals surface area contributed by atoms with E-state index in [9.17, 15) is 18.4 Å². The zero-order valence-electron chi connectivity index (χ0n) is 15.4. The smallest absolute Gasteiger partial charge is 0.290 e. The third-order valence-corrected chi connectivity index (χ3v) is 5.31. The zero-order chi connectivity index (χ0) is 19.3. The minimum atomic E-state index is -3.10. The first-order valence-corrected chi connectivity index (χ1v) is 9.19. The molecule has 4 nitrogen and oxygen atoms in total. The van der Waals surface area contributed by atoms with Crippen molar-refractivity contribution in [2.24, 2.45) is 5.92 Å². The molecule has 1 aliphatic heterocycles. The Labute approximate surface area is 155 Å². The van der Waals surface area contributed by atoms with Crippen molar-refractivity contribution in [3.05, 3.63) is 51.4 Å². The number of carbonyl (C=O) groups is 1. The Morgan fingerprint density at radius 3 is 2.67 bits per heavy atom. The maximum absolute atomic E-state index is 14.6. The molecule has 1 aromatic heterocycles. The number of fused-ring (bicyclic) bond motifs is 1. The molecule has 0 bridgehead atoms. The molecule has 2 aliphatic rings. The summed E-state index contributed by atoms with van der Waals surface area (Å²) in [5, 5.41) is 0. The Kier molecular flexibility index (Phi) is 4.17. The van der Waals surface area contributed by atoms with Gasteiger partial charge in [0.15, 0.2) is 5.78 Å². The Morgan fingerprint density at radius 1 is 1.26 bits per heavy atom. The molecule has 0 amide bonds. The van der Waals surface area contributed by atoms with Crippen LogP contribution in [0.1, 0.15) is 47.8 Å². The van der Waals surface area contributed by atoms with Crippen LogP contribution in [-0.4, -0.2) is 17.0 Å². The summed E-state index contributed by atoms with van der Waals surface area (Å²) in [7, 11) is 0. The quantitative estimate of drug-likeness (QED) is 0.734. The highest BCUT2D eigenvalue weighted by Crippen LogP contribution is 2.45. The van der Waals surface area contributed by atoms with Crippen molar-refractivity contribution >= 4 is 5.78 Å². The first-order chi connectivity index (χ1) is 12.8. The number of halogens is 2. The van der Waals surface area contributed by atoms with E-state index in [1.54, 1.807) is 25.1 Å². The van der Waals surface area contributed by atoms with Gasteiger partial charge in [-0.25, -0.2) is 0 Å². The number of ketones is 1. The van der Waals surface area contributed by atoms with Gasteiger partial charge in [0.2, 0.25) is 0 Å². The normalized spacial score (nSPS) is 17.6. The van der Waals surface area contributed by atoms with E-state index in [0.717, 1.165) is 17.4 Å². The number of carbonyl (C=O) groups excluding carboxylic acids is 1. The van der Waals surface area contributed by atoms with E-state index in [-0.39, 0.29) is 23.6 Å². The van der Waals surface area contributed by atoms with Gasteiger partial charge in [-0.1, -0.05) is 0 Å². The zero-order valence-corrected chi connectivity index (χ0v) is 15.4. The predicted octanol–water partition coefficient (Wildman–Crippen LogP) is 4.31. The number of benzene rings is 1. The van der Waals surface area contributed by atoms with Gasteiger partial charge in [-0.15, -0.1) is 0 Å². The fourth-order valence-electron chi connectivity index (χ4n) is 3.57. The van der Waals surface area contributed by atoms with Crippen LogP contribution in [0.15, 0.2) is 29.1 Å². The molecular formula is C21H21F2NO3. The number of rotatable bonds is 5. The van der Waals surface area contributed by atoms with Gasteiger partial charge in [0, 0.05) is 35.2 Å². The summed E-state index contributed by atoms with van der Waals surface area (Å²) < 4.78 is 36.4. The van der Waals surface area contributed by atoms with E-state index in [1.807, 2.05) is 0 Å². The molecule has 0 unspecified atom stereocenters. The van der Waals surface area contributed by atoms with Crippen molar-refractivity contribution in [2.45, 2.75) is 45.6 Å². The van der Waals surface area contributed by atoms with Crippen molar-refractivity contribution < 1.29 is 18.3 Å². The van der Waals surface area contributed by atoms with Gasteiger partial charge >= 0.3 is 0 Å². The number of pyridine rings is 1. The van der Waals surface area contributed by atoms with Gasteiger partial charge < -0.3 is 9.30 Å². The second-order valence-corrected chi connectivity index (χ2v) is 7.52. The lowest BCUT2D eigenvalue weighted by Gasteiger charge is -2.19. The Bertz CT molecular complexity index is 990. The molecule has 1 saturated carbocycles. The molecule has 0 radical (unpaired) electrons. The van der Waals surface area contributed by atoms with Crippen molar-refractivity contribution in [3.63, 3.8) is 0 Å². The van der Waals surface area contributed by atoms with Crippen LogP contribution in [0.2, 0.25) is 0 Å². The van der Waals surface area contributed by atoms with Crippen molar-refractivity contribution in [3.8, 4) is 16.9 Å². The lowest BCUT2D eigenvalue weighted by Crippen LogP contribution is -2.24. The molecule has 2 aromatic rings. The summed E-state index contributed by atoms with van der Waals surface area (Å²) in [5.41, 5.74) is 0.852. The molecule has 4 rings (SSSR count). The van der Waals surface area contributed by atoms with Gasteiger partial charge in [0.1, 0.15) is 5.75 Å². The van der Waals surface area contributed by atoms with Gasteiger partial charge in [0.25, 0.3) is 11.5 Å². The number of aryl methyl sites for hydroxylation is 1. The highest BCUT2D eigenvalue weighted by Gasteiger charge is 2.43. The molecule has 2 heterocycles. The minimum absolute atomic E-state index is 0.0134. The first-order valence-electron chi connectivity index (χ1n) is 9.19. The number of hydrogen-bond donors (Lipinski definition) is 0. The molecule has 0 saturated heterocycles. The predicted molar refractivity (Wildman–Crippen MR) is 97.6 cm³/mol. The van der Waals surface area contributed by atoms with Crippen LogP contribution in [0, 0.1) is 12.8 Å². The SMILES string of the molecule is CC(=O)c1ccc(OCC2CC2)c(-c2cc(C)c(=O)n3c2C(F)(F)CC3)c1. The maximum atomic E-state index is 14.6. The summed E-state index contributed by atoms with van der Waals surface area (Å²) in [6.45, 7) is 3.57. The maximum Gasteiger partial charge on any atom is 0.290 e. The molecule has 1 aromatic carbocycles. The molecule has 142 valence electrons.